The standard InChI is InChI=1S/C26H24BrClN2O3S/c1-32-24(31)4-2-3-13-29-26-30-16-23(34-26)25(17-6-10-21(28)11-7-17)33-22-12-8-18-14-20(27)9-5-19(18)15-22/h5-12,14-16,25H,2-4,13H2,1H3,(H,29,30). The highest BCUT2D eigenvalue weighted by Crippen LogP contribution is 2.35. The van der Waals surface area contributed by atoms with Gasteiger partial charge in [0.05, 0.1) is 12.0 Å². The van der Waals surface area contributed by atoms with Crippen LogP contribution in [0.1, 0.15) is 35.8 Å². The monoisotopic (exact) mass is 558 g/mol. The lowest BCUT2D eigenvalue weighted by atomic mass is 10.1. The maximum Gasteiger partial charge on any atom is 0.305 e. The number of ether oxygens (including phenoxy) is 2. The van der Waals surface area contributed by atoms with E-state index in [1.807, 2.05) is 48.7 Å². The lowest BCUT2D eigenvalue weighted by Gasteiger charge is -2.19. The number of esters is 1. The molecule has 3 aromatic carbocycles. The first-order chi connectivity index (χ1) is 16.5. The molecule has 0 aliphatic heterocycles. The first-order valence-corrected chi connectivity index (χ1v) is 12.9. The highest BCUT2D eigenvalue weighted by Gasteiger charge is 2.20. The van der Waals surface area contributed by atoms with E-state index in [9.17, 15) is 4.79 Å². The van der Waals surface area contributed by atoms with Gasteiger partial charge in [0, 0.05) is 28.7 Å². The number of nitrogens with zero attached hydrogens (tertiary/aromatic N) is 1. The second kappa shape index (κ2) is 11.7. The van der Waals surface area contributed by atoms with Crippen molar-refractivity contribution in [3.8, 4) is 5.75 Å². The number of aromatic nitrogens is 1. The zero-order valence-corrected chi connectivity index (χ0v) is 21.8. The molecule has 0 spiro atoms. The molecule has 0 aliphatic rings. The summed E-state index contributed by atoms with van der Waals surface area (Å²) < 4.78 is 12.2. The van der Waals surface area contributed by atoms with Gasteiger partial charge in [0.25, 0.3) is 0 Å². The smallest absolute Gasteiger partial charge is 0.305 e. The summed E-state index contributed by atoms with van der Waals surface area (Å²) in [6, 6.07) is 20.0. The number of halogens is 2. The SMILES string of the molecule is COC(=O)CCCCNc1ncc(C(Oc2ccc3cc(Br)ccc3c2)c2ccc(Cl)cc2)s1. The molecular formula is C26H24BrClN2O3S. The normalized spacial score (nSPS) is 11.9. The maximum atomic E-state index is 11.2. The van der Waals surface area contributed by atoms with Crippen LogP contribution in [0.3, 0.4) is 0 Å². The maximum absolute atomic E-state index is 11.2. The Hall–Kier alpha value is -2.61. The van der Waals surface area contributed by atoms with Gasteiger partial charge in [-0.15, -0.1) is 0 Å². The third-order valence-electron chi connectivity index (χ3n) is 5.29. The summed E-state index contributed by atoms with van der Waals surface area (Å²) in [6.07, 6.45) is 3.58. The van der Waals surface area contributed by atoms with E-state index in [1.165, 1.54) is 7.11 Å². The second-order valence-corrected chi connectivity index (χ2v) is 10.1. The van der Waals surface area contributed by atoms with Gasteiger partial charge < -0.3 is 14.8 Å². The summed E-state index contributed by atoms with van der Waals surface area (Å²) in [7, 11) is 1.41. The van der Waals surface area contributed by atoms with Gasteiger partial charge in [-0.25, -0.2) is 4.98 Å². The largest absolute Gasteiger partial charge is 0.480 e. The van der Waals surface area contributed by atoms with Crippen LogP contribution in [0.15, 0.2) is 71.3 Å². The fourth-order valence-corrected chi connectivity index (χ4v) is 4.92. The van der Waals surface area contributed by atoms with Crippen molar-refractivity contribution in [1.82, 2.24) is 4.98 Å². The molecule has 1 aromatic heterocycles. The summed E-state index contributed by atoms with van der Waals surface area (Å²) in [5.41, 5.74) is 0.994. The Morgan fingerprint density at radius 3 is 2.65 bits per heavy atom. The van der Waals surface area contributed by atoms with Crippen molar-refractivity contribution in [2.45, 2.75) is 25.4 Å². The van der Waals surface area contributed by atoms with Gasteiger partial charge in [0.1, 0.15) is 5.75 Å². The molecule has 1 atom stereocenters. The Labute approximate surface area is 216 Å². The fourth-order valence-electron chi connectivity index (χ4n) is 3.51. The van der Waals surface area contributed by atoms with Crippen LogP contribution in [-0.4, -0.2) is 24.6 Å². The van der Waals surface area contributed by atoms with Gasteiger partial charge in [0.15, 0.2) is 11.2 Å². The third kappa shape index (κ3) is 6.50. The topological polar surface area (TPSA) is 60.5 Å². The number of fused-ring (bicyclic) bond motifs is 1. The van der Waals surface area contributed by atoms with Crippen LogP contribution in [0.4, 0.5) is 5.13 Å². The van der Waals surface area contributed by atoms with E-state index in [0.29, 0.717) is 11.4 Å². The molecular weight excluding hydrogens is 536 g/mol. The van der Waals surface area contributed by atoms with Crippen LogP contribution in [0.5, 0.6) is 5.75 Å². The Kier molecular flexibility index (Phi) is 8.43. The summed E-state index contributed by atoms with van der Waals surface area (Å²) in [5.74, 6) is 0.598. The first-order valence-electron chi connectivity index (χ1n) is 10.9. The lowest BCUT2D eigenvalue weighted by molar-refractivity contribution is -0.140. The minimum Gasteiger partial charge on any atom is -0.480 e. The van der Waals surface area contributed by atoms with Gasteiger partial charge in [-0.1, -0.05) is 63.1 Å². The van der Waals surface area contributed by atoms with Gasteiger partial charge in [-0.05, 0) is 65.6 Å². The Morgan fingerprint density at radius 2 is 1.85 bits per heavy atom. The molecule has 5 nitrogen and oxygen atoms in total. The molecule has 0 saturated heterocycles. The molecule has 0 bridgehead atoms. The van der Waals surface area contributed by atoms with Crippen molar-refractivity contribution in [3.05, 3.63) is 86.8 Å². The summed E-state index contributed by atoms with van der Waals surface area (Å²) in [4.78, 5) is 16.8. The Morgan fingerprint density at radius 1 is 1.09 bits per heavy atom. The molecule has 0 saturated carbocycles. The summed E-state index contributed by atoms with van der Waals surface area (Å²) in [6.45, 7) is 0.733. The highest BCUT2D eigenvalue weighted by molar-refractivity contribution is 9.10. The fraction of sp³-hybridized carbons (Fsp3) is 0.231. The number of benzene rings is 3. The van der Waals surface area contributed by atoms with Crippen LogP contribution in [-0.2, 0) is 9.53 Å². The highest BCUT2D eigenvalue weighted by atomic mass is 79.9. The van der Waals surface area contributed by atoms with Crippen molar-refractivity contribution in [2.75, 3.05) is 19.0 Å². The van der Waals surface area contributed by atoms with Gasteiger partial charge in [0.2, 0.25) is 0 Å². The molecule has 1 unspecified atom stereocenters. The average molecular weight is 560 g/mol. The quantitative estimate of drug-likeness (QED) is 0.160. The number of hydrogen-bond acceptors (Lipinski definition) is 6. The number of hydrogen-bond donors (Lipinski definition) is 1. The Balaban J connectivity index is 1.50. The minimum atomic E-state index is -0.322. The van der Waals surface area contributed by atoms with E-state index in [1.54, 1.807) is 11.3 Å². The van der Waals surface area contributed by atoms with Crippen LogP contribution >= 0.6 is 38.9 Å². The number of anilines is 1. The van der Waals surface area contributed by atoms with E-state index in [-0.39, 0.29) is 12.1 Å². The van der Waals surface area contributed by atoms with Crippen molar-refractivity contribution in [2.24, 2.45) is 0 Å². The zero-order valence-electron chi connectivity index (χ0n) is 18.6. The molecule has 8 heteroatoms. The predicted octanol–water partition coefficient (Wildman–Crippen LogP) is 7.64. The van der Waals surface area contributed by atoms with Gasteiger partial charge in [-0.2, -0.15) is 0 Å². The molecule has 176 valence electrons. The molecule has 0 amide bonds. The number of nitrogens with one attached hydrogen (secondary N) is 1. The molecule has 4 aromatic rings. The minimum absolute atomic E-state index is 0.180. The lowest BCUT2D eigenvalue weighted by Crippen LogP contribution is -2.08. The van der Waals surface area contributed by atoms with E-state index < -0.39 is 0 Å². The van der Waals surface area contributed by atoms with Crippen molar-refractivity contribution >= 4 is 60.7 Å². The Bertz CT molecular complexity index is 1260. The summed E-state index contributed by atoms with van der Waals surface area (Å²) >= 11 is 11.2. The first kappa shape index (κ1) is 24.5. The summed E-state index contributed by atoms with van der Waals surface area (Å²) in [5, 5.41) is 7.08. The van der Waals surface area contributed by atoms with E-state index >= 15 is 0 Å². The second-order valence-electron chi connectivity index (χ2n) is 7.73. The molecule has 4 rings (SSSR count). The van der Waals surface area contributed by atoms with Crippen LogP contribution in [0.25, 0.3) is 10.8 Å². The van der Waals surface area contributed by atoms with Crippen LogP contribution < -0.4 is 10.1 Å². The molecule has 34 heavy (non-hydrogen) atoms. The van der Waals surface area contributed by atoms with Crippen molar-refractivity contribution in [1.29, 1.82) is 0 Å². The number of unbranched alkanes of at least 4 members (excludes halogenated alkanes) is 1. The molecule has 1 heterocycles. The predicted molar refractivity (Wildman–Crippen MR) is 142 cm³/mol. The van der Waals surface area contributed by atoms with Crippen LogP contribution in [0, 0.1) is 0 Å². The number of carbonyl (C=O) groups excluding carboxylic acids is 1. The van der Waals surface area contributed by atoms with Gasteiger partial charge in [-0.3, -0.25) is 4.79 Å². The molecule has 0 radical (unpaired) electrons. The third-order valence-corrected chi connectivity index (χ3v) is 7.04. The molecule has 1 N–H and O–H groups in total. The number of rotatable bonds is 10. The average Bonchev–Trinajstić information content (AvgIpc) is 3.31. The van der Waals surface area contributed by atoms with E-state index in [4.69, 9.17) is 16.3 Å². The van der Waals surface area contributed by atoms with Crippen molar-refractivity contribution in [3.63, 3.8) is 0 Å². The molecule has 0 aliphatic carbocycles. The van der Waals surface area contributed by atoms with Gasteiger partial charge >= 0.3 is 5.97 Å². The number of carbonyl (C=O) groups is 1. The zero-order chi connectivity index (χ0) is 23.9. The van der Waals surface area contributed by atoms with E-state index in [0.717, 1.165) is 56.0 Å². The van der Waals surface area contributed by atoms with Crippen molar-refractivity contribution < 1.29 is 14.3 Å². The number of thiazole rings is 1. The van der Waals surface area contributed by atoms with E-state index in [2.05, 4.69) is 49.2 Å². The molecule has 0 fully saturated rings. The number of methoxy groups -OCH3 is 1. The van der Waals surface area contributed by atoms with Crippen LogP contribution in [0.2, 0.25) is 5.02 Å².